The smallest absolute Gasteiger partial charge is 0.261 e. The molecule has 0 aromatic carbocycles. The Hall–Kier alpha value is -0.220. The average Bonchev–Trinajstić information content (AvgIpc) is 2.12. The van der Waals surface area contributed by atoms with Gasteiger partial charge in [0.25, 0.3) is 5.92 Å². The van der Waals surface area contributed by atoms with Crippen molar-refractivity contribution in [3.8, 4) is 0 Å². The van der Waals surface area contributed by atoms with Crippen molar-refractivity contribution in [2.24, 2.45) is 0 Å². The van der Waals surface area contributed by atoms with Crippen molar-refractivity contribution in [2.45, 2.75) is 18.4 Å². The van der Waals surface area contributed by atoms with E-state index in [0.717, 1.165) is 0 Å². The fourth-order valence-electron chi connectivity index (χ4n) is 1.19. The van der Waals surface area contributed by atoms with E-state index in [1.54, 1.807) is 7.05 Å². The van der Waals surface area contributed by atoms with Crippen molar-refractivity contribution in [1.82, 2.24) is 10.6 Å². The molecule has 0 spiro atoms. The van der Waals surface area contributed by atoms with E-state index in [1.807, 2.05) is 0 Å². The molecule has 1 rings (SSSR count). The Bertz CT molecular complexity index is 116. The first-order valence-corrected chi connectivity index (χ1v) is 3.40. The van der Waals surface area contributed by atoms with Gasteiger partial charge in [-0.05, 0) is 7.05 Å². The molecule has 0 bridgehead atoms. The number of alkyl halides is 2. The third-order valence-corrected chi connectivity index (χ3v) is 1.64. The minimum Gasteiger partial charge on any atom is -0.318 e. The van der Waals surface area contributed by atoms with Crippen LogP contribution in [0.25, 0.3) is 0 Å². The summed E-state index contributed by atoms with van der Waals surface area (Å²) >= 11 is 0. The SMILES string of the molecule is CNCC1CC(F)(F)CN1. The highest BCUT2D eigenvalue weighted by molar-refractivity contribution is 4.87. The molecule has 4 heteroatoms. The van der Waals surface area contributed by atoms with E-state index >= 15 is 0 Å². The highest BCUT2D eigenvalue weighted by atomic mass is 19.3. The number of hydrogen-bond acceptors (Lipinski definition) is 2. The second kappa shape index (κ2) is 2.80. The molecule has 1 unspecified atom stereocenters. The van der Waals surface area contributed by atoms with Crippen LogP contribution in [-0.2, 0) is 0 Å². The Morgan fingerprint density at radius 1 is 1.70 bits per heavy atom. The predicted molar refractivity (Wildman–Crippen MR) is 35.3 cm³/mol. The Labute approximate surface area is 59.0 Å². The van der Waals surface area contributed by atoms with Gasteiger partial charge in [-0.3, -0.25) is 0 Å². The van der Waals surface area contributed by atoms with Crippen molar-refractivity contribution >= 4 is 0 Å². The summed E-state index contributed by atoms with van der Waals surface area (Å²) < 4.78 is 24.9. The van der Waals surface area contributed by atoms with E-state index in [4.69, 9.17) is 0 Å². The molecule has 0 aromatic heterocycles. The van der Waals surface area contributed by atoms with E-state index in [-0.39, 0.29) is 19.0 Å². The molecule has 0 saturated carbocycles. The van der Waals surface area contributed by atoms with E-state index in [9.17, 15) is 8.78 Å². The highest BCUT2D eigenvalue weighted by Gasteiger charge is 2.38. The monoisotopic (exact) mass is 150 g/mol. The molecule has 0 amide bonds. The summed E-state index contributed by atoms with van der Waals surface area (Å²) in [5.74, 6) is -2.48. The van der Waals surface area contributed by atoms with Crippen LogP contribution in [0, 0.1) is 0 Å². The maximum absolute atomic E-state index is 12.4. The molecule has 1 atom stereocenters. The number of halogens is 2. The van der Waals surface area contributed by atoms with Crippen LogP contribution in [0.2, 0.25) is 0 Å². The van der Waals surface area contributed by atoms with E-state index in [0.29, 0.717) is 6.54 Å². The number of nitrogens with one attached hydrogen (secondary N) is 2. The van der Waals surface area contributed by atoms with Gasteiger partial charge in [0.1, 0.15) is 0 Å². The standard InChI is InChI=1S/C6H12F2N2/c1-9-3-5-2-6(7,8)4-10-5/h5,9-10H,2-4H2,1H3. The number of hydrogen-bond donors (Lipinski definition) is 2. The second-order valence-corrected chi connectivity index (χ2v) is 2.70. The minimum atomic E-state index is -2.48. The molecule has 1 saturated heterocycles. The third-order valence-electron chi connectivity index (χ3n) is 1.64. The second-order valence-electron chi connectivity index (χ2n) is 2.70. The van der Waals surface area contributed by atoms with Gasteiger partial charge in [0.15, 0.2) is 0 Å². The topological polar surface area (TPSA) is 24.1 Å². The number of likely N-dealkylation sites (N-methyl/N-ethyl adjacent to an activating group) is 1. The van der Waals surface area contributed by atoms with Crippen molar-refractivity contribution in [3.05, 3.63) is 0 Å². The summed E-state index contributed by atoms with van der Waals surface area (Å²) in [5, 5.41) is 5.59. The normalized spacial score (nSPS) is 30.9. The molecule has 1 aliphatic rings. The molecule has 10 heavy (non-hydrogen) atoms. The molecule has 2 N–H and O–H groups in total. The van der Waals surface area contributed by atoms with Crippen LogP contribution >= 0.6 is 0 Å². The zero-order chi connectivity index (χ0) is 7.61. The van der Waals surface area contributed by atoms with Gasteiger partial charge < -0.3 is 10.6 Å². The zero-order valence-electron chi connectivity index (χ0n) is 5.95. The molecule has 0 aliphatic carbocycles. The van der Waals surface area contributed by atoms with Crippen LogP contribution in [-0.4, -0.2) is 32.1 Å². The first-order valence-electron chi connectivity index (χ1n) is 3.40. The van der Waals surface area contributed by atoms with Gasteiger partial charge in [-0.1, -0.05) is 0 Å². The largest absolute Gasteiger partial charge is 0.318 e. The summed E-state index contributed by atoms with van der Waals surface area (Å²) in [5.41, 5.74) is 0. The van der Waals surface area contributed by atoms with E-state index in [1.165, 1.54) is 0 Å². The Morgan fingerprint density at radius 3 is 2.80 bits per heavy atom. The van der Waals surface area contributed by atoms with Gasteiger partial charge in [0.2, 0.25) is 0 Å². The predicted octanol–water partition coefficient (Wildman–Crippen LogP) is 0.203. The maximum Gasteiger partial charge on any atom is 0.261 e. The van der Waals surface area contributed by atoms with Crippen LogP contribution in [0.4, 0.5) is 8.78 Å². The molecule has 60 valence electrons. The molecule has 0 aromatic rings. The van der Waals surface area contributed by atoms with E-state index < -0.39 is 5.92 Å². The first-order chi connectivity index (χ1) is 4.64. The number of rotatable bonds is 2. The molecule has 1 heterocycles. The lowest BCUT2D eigenvalue weighted by Crippen LogP contribution is -2.31. The molecule has 2 nitrogen and oxygen atoms in total. The first kappa shape index (κ1) is 7.88. The summed E-state index contributed by atoms with van der Waals surface area (Å²) in [7, 11) is 1.76. The maximum atomic E-state index is 12.4. The summed E-state index contributed by atoms with van der Waals surface area (Å²) in [4.78, 5) is 0. The van der Waals surface area contributed by atoms with Gasteiger partial charge in [0.05, 0.1) is 6.54 Å². The van der Waals surface area contributed by atoms with Crippen molar-refractivity contribution in [1.29, 1.82) is 0 Å². The van der Waals surface area contributed by atoms with Crippen molar-refractivity contribution in [3.63, 3.8) is 0 Å². The van der Waals surface area contributed by atoms with Crippen LogP contribution in [0.1, 0.15) is 6.42 Å². The molecule has 0 radical (unpaired) electrons. The molecule has 1 fully saturated rings. The Morgan fingerprint density at radius 2 is 2.40 bits per heavy atom. The van der Waals surface area contributed by atoms with Gasteiger partial charge in [-0.15, -0.1) is 0 Å². The van der Waals surface area contributed by atoms with Crippen LogP contribution in [0.3, 0.4) is 0 Å². The van der Waals surface area contributed by atoms with E-state index in [2.05, 4.69) is 10.6 Å². The fourth-order valence-corrected chi connectivity index (χ4v) is 1.19. The summed E-state index contributed by atoms with van der Waals surface area (Å²) in [6, 6.07) is -0.0556. The lowest BCUT2D eigenvalue weighted by atomic mass is 10.2. The van der Waals surface area contributed by atoms with Crippen molar-refractivity contribution in [2.75, 3.05) is 20.1 Å². The van der Waals surface area contributed by atoms with Crippen LogP contribution in [0.15, 0.2) is 0 Å². The van der Waals surface area contributed by atoms with Gasteiger partial charge >= 0.3 is 0 Å². The lowest BCUT2D eigenvalue weighted by Gasteiger charge is -2.07. The van der Waals surface area contributed by atoms with Crippen LogP contribution in [0.5, 0.6) is 0 Å². The quantitative estimate of drug-likeness (QED) is 0.587. The highest BCUT2D eigenvalue weighted by Crippen LogP contribution is 2.24. The zero-order valence-corrected chi connectivity index (χ0v) is 5.95. The van der Waals surface area contributed by atoms with Gasteiger partial charge in [0, 0.05) is 19.0 Å². The molecule has 1 aliphatic heterocycles. The minimum absolute atomic E-state index is 0.0339. The van der Waals surface area contributed by atoms with Gasteiger partial charge in [-0.25, -0.2) is 8.78 Å². The van der Waals surface area contributed by atoms with Crippen molar-refractivity contribution < 1.29 is 8.78 Å². The summed E-state index contributed by atoms with van der Waals surface area (Å²) in [6.45, 7) is 0.453. The third kappa shape index (κ3) is 1.88. The van der Waals surface area contributed by atoms with Gasteiger partial charge in [-0.2, -0.15) is 0 Å². The summed E-state index contributed by atoms with van der Waals surface area (Å²) in [6.07, 6.45) is -0.0339. The average molecular weight is 150 g/mol. The molecular weight excluding hydrogens is 138 g/mol. The lowest BCUT2D eigenvalue weighted by molar-refractivity contribution is 0.0211. The Kier molecular flexibility index (Phi) is 2.21. The fraction of sp³-hybridized carbons (Fsp3) is 1.00. The van der Waals surface area contributed by atoms with Crippen LogP contribution < -0.4 is 10.6 Å². The Balaban J connectivity index is 2.29. The molecular formula is C6H12F2N2.